The molecule has 0 aliphatic rings. The lowest BCUT2D eigenvalue weighted by molar-refractivity contribution is 0.0941. The number of benzene rings is 2. The van der Waals surface area contributed by atoms with Gasteiger partial charge in [0.2, 0.25) is 0 Å². The van der Waals surface area contributed by atoms with Gasteiger partial charge in [-0.05, 0) is 30.9 Å². The molecule has 2 nitrogen and oxygen atoms in total. The van der Waals surface area contributed by atoms with E-state index in [4.69, 9.17) is 11.6 Å². The Balaban J connectivity index is 2.35. The third-order valence-corrected chi connectivity index (χ3v) is 3.25. The number of carbonyl (C=O) groups is 1. The highest BCUT2D eigenvalue weighted by Gasteiger charge is 2.14. The predicted molar refractivity (Wildman–Crippen MR) is 76.2 cm³/mol. The fraction of sp³-hybridized carbons (Fsp3) is 0.267. The maximum atomic E-state index is 13.7. The molecule has 1 N–H and O–H groups in total. The summed E-state index contributed by atoms with van der Waals surface area (Å²) in [7, 11) is 0. The van der Waals surface area contributed by atoms with E-state index >= 15 is 0 Å². The molecule has 0 bridgehead atoms. The van der Waals surface area contributed by atoms with Crippen molar-refractivity contribution in [2.24, 2.45) is 0 Å². The molecule has 19 heavy (non-hydrogen) atoms. The van der Waals surface area contributed by atoms with Crippen LogP contribution in [0.2, 0.25) is 0 Å². The van der Waals surface area contributed by atoms with Gasteiger partial charge in [-0.2, -0.15) is 0 Å². The standard InChI is InChI=1S/C15H15ClFNO/c1-10(8-9-16)18-15(19)13-6-7-14(17)12-5-3-2-4-11(12)13/h2-7,10H,8-9H2,1H3,(H,18,19). The van der Waals surface area contributed by atoms with Crippen LogP contribution in [0.15, 0.2) is 36.4 Å². The van der Waals surface area contributed by atoms with E-state index in [9.17, 15) is 9.18 Å². The highest BCUT2D eigenvalue weighted by molar-refractivity contribution is 6.17. The van der Waals surface area contributed by atoms with Gasteiger partial charge in [-0.25, -0.2) is 4.39 Å². The molecule has 0 aromatic heterocycles. The minimum Gasteiger partial charge on any atom is -0.350 e. The van der Waals surface area contributed by atoms with Crippen LogP contribution in [0, 0.1) is 5.82 Å². The van der Waals surface area contributed by atoms with Crippen LogP contribution >= 0.6 is 11.6 Å². The molecule has 100 valence electrons. The highest BCUT2D eigenvalue weighted by Crippen LogP contribution is 2.21. The lowest BCUT2D eigenvalue weighted by atomic mass is 10.0. The topological polar surface area (TPSA) is 29.1 Å². The summed E-state index contributed by atoms with van der Waals surface area (Å²) < 4.78 is 13.7. The first-order valence-electron chi connectivity index (χ1n) is 6.17. The SMILES string of the molecule is CC(CCCl)NC(=O)c1ccc(F)c2ccccc12. The van der Waals surface area contributed by atoms with Crippen molar-refractivity contribution in [1.82, 2.24) is 5.32 Å². The fourth-order valence-electron chi connectivity index (χ4n) is 2.00. The third kappa shape index (κ3) is 3.04. The fourth-order valence-corrected chi connectivity index (χ4v) is 2.33. The summed E-state index contributed by atoms with van der Waals surface area (Å²) in [5, 5.41) is 3.94. The van der Waals surface area contributed by atoms with Gasteiger partial charge in [0.05, 0.1) is 0 Å². The number of halogens is 2. The maximum Gasteiger partial charge on any atom is 0.252 e. The van der Waals surface area contributed by atoms with Crippen LogP contribution in [0.5, 0.6) is 0 Å². The van der Waals surface area contributed by atoms with Gasteiger partial charge in [-0.3, -0.25) is 4.79 Å². The largest absolute Gasteiger partial charge is 0.350 e. The van der Waals surface area contributed by atoms with Crippen LogP contribution in [-0.2, 0) is 0 Å². The third-order valence-electron chi connectivity index (χ3n) is 3.04. The van der Waals surface area contributed by atoms with Gasteiger partial charge in [0.15, 0.2) is 0 Å². The van der Waals surface area contributed by atoms with E-state index in [-0.39, 0.29) is 17.8 Å². The molecular weight excluding hydrogens is 265 g/mol. The number of hydrogen-bond acceptors (Lipinski definition) is 1. The van der Waals surface area contributed by atoms with Crippen LogP contribution in [-0.4, -0.2) is 17.8 Å². The lowest BCUT2D eigenvalue weighted by Gasteiger charge is -2.13. The van der Waals surface area contributed by atoms with Crippen molar-refractivity contribution in [2.45, 2.75) is 19.4 Å². The number of nitrogens with one attached hydrogen (secondary N) is 1. The van der Waals surface area contributed by atoms with Gasteiger partial charge in [-0.1, -0.05) is 24.3 Å². The van der Waals surface area contributed by atoms with Gasteiger partial charge >= 0.3 is 0 Å². The Morgan fingerprint density at radius 2 is 1.95 bits per heavy atom. The first kappa shape index (κ1) is 13.8. The molecule has 0 aliphatic carbocycles. The van der Waals surface area contributed by atoms with Gasteiger partial charge in [0.1, 0.15) is 5.82 Å². The quantitative estimate of drug-likeness (QED) is 0.849. The summed E-state index contributed by atoms with van der Waals surface area (Å²) in [6, 6.07) is 9.80. The van der Waals surface area contributed by atoms with Crippen molar-refractivity contribution in [3.05, 3.63) is 47.8 Å². The van der Waals surface area contributed by atoms with Crippen molar-refractivity contribution >= 4 is 28.3 Å². The van der Waals surface area contributed by atoms with E-state index in [2.05, 4.69) is 5.32 Å². The number of alkyl halides is 1. The van der Waals surface area contributed by atoms with E-state index < -0.39 is 0 Å². The van der Waals surface area contributed by atoms with Crippen molar-refractivity contribution < 1.29 is 9.18 Å². The Morgan fingerprint density at radius 3 is 2.63 bits per heavy atom. The summed E-state index contributed by atoms with van der Waals surface area (Å²) in [4.78, 5) is 12.2. The number of carbonyl (C=O) groups excluding carboxylic acids is 1. The molecular formula is C15H15ClFNO. The summed E-state index contributed by atoms with van der Waals surface area (Å²) in [6.07, 6.45) is 0.701. The lowest BCUT2D eigenvalue weighted by Crippen LogP contribution is -2.32. The van der Waals surface area contributed by atoms with Crippen LogP contribution in [0.25, 0.3) is 10.8 Å². The Labute approximate surface area is 116 Å². The summed E-state index contributed by atoms with van der Waals surface area (Å²) in [5.74, 6) is -0.0270. The van der Waals surface area contributed by atoms with Crippen molar-refractivity contribution in [1.29, 1.82) is 0 Å². The summed E-state index contributed by atoms with van der Waals surface area (Å²) in [5.41, 5.74) is 0.485. The Bertz CT molecular complexity index is 600. The van der Waals surface area contributed by atoms with Crippen LogP contribution in [0.1, 0.15) is 23.7 Å². The molecule has 1 unspecified atom stereocenters. The average molecular weight is 280 g/mol. The average Bonchev–Trinajstić information content (AvgIpc) is 2.39. The number of fused-ring (bicyclic) bond motifs is 1. The van der Waals surface area contributed by atoms with Crippen LogP contribution in [0.3, 0.4) is 0 Å². The molecule has 2 aromatic carbocycles. The van der Waals surface area contributed by atoms with Crippen molar-refractivity contribution in [3.63, 3.8) is 0 Å². The second kappa shape index (κ2) is 6.02. The zero-order valence-corrected chi connectivity index (χ0v) is 11.4. The molecule has 0 aliphatic heterocycles. The monoisotopic (exact) mass is 279 g/mol. The van der Waals surface area contributed by atoms with E-state index in [0.717, 1.165) is 0 Å². The Kier molecular flexibility index (Phi) is 4.38. The molecule has 2 rings (SSSR count). The second-order valence-corrected chi connectivity index (χ2v) is 4.87. The van der Waals surface area contributed by atoms with E-state index in [0.29, 0.717) is 28.6 Å². The summed E-state index contributed by atoms with van der Waals surface area (Å²) >= 11 is 5.64. The van der Waals surface area contributed by atoms with Gasteiger partial charge in [0.25, 0.3) is 5.91 Å². The first-order valence-corrected chi connectivity index (χ1v) is 6.71. The van der Waals surface area contributed by atoms with Crippen molar-refractivity contribution in [2.75, 3.05) is 5.88 Å². The first-order chi connectivity index (χ1) is 9.13. The van der Waals surface area contributed by atoms with E-state index in [1.54, 1.807) is 24.3 Å². The van der Waals surface area contributed by atoms with Gasteiger partial charge in [0, 0.05) is 22.9 Å². The molecule has 0 heterocycles. The normalized spacial score (nSPS) is 12.4. The molecule has 0 saturated heterocycles. The van der Waals surface area contributed by atoms with Gasteiger partial charge in [-0.15, -0.1) is 11.6 Å². The molecule has 1 atom stereocenters. The Hall–Kier alpha value is -1.61. The summed E-state index contributed by atoms with van der Waals surface area (Å²) in [6.45, 7) is 1.89. The van der Waals surface area contributed by atoms with Crippen LogP contribution in [0.4, 0.5) is 4.39 Å². The smallest absolute Gasteiger partial charge is 0.252 e. The molecule has 0 spiro atoms. The minimum atomic E-state index is -0.319. The zero-order valence-electron chi connectivity index (χ0n) is 10.6. The van der Waals surface area contributed by atoms with Gasteiger partial charge < -0.3 is 5.32 Å². The second-order valence-electron chi connectivity index (χ2n) is 4.49. The molecule has 1 amide bonds. The minimum absolute atomic E-state index is 0.00573. The van der Waals surface area contributed by atoms with Crippen LogP contribution < -0.4 is 5.32 Å². The molecule has 0 radical (unpaired) electrons. The number of hydrogen-bond donors (Lipinski definition) is 1. The highest BCUT2D eigenvalue weighted by atomic mass is 35.5. The number of rotatable bonds is 4. The van der Waals surface area contributed by atoms with E-state index in [1.807, 2.05) is 6.92 Å². The molecule has 4 heteroatoms. The molecule has 0 saturated carbocycles. The predicted octanol–water partition coefficient (Wildman–Crippen LogP) is 3.73. The molecule has 2 aromatic rings. The van der Waals surface area contributed by atoms with E-state index in [1.165, 1.54) is 12.1 Å². The maximum absolute atomic E-state index is 13.7. The Morgan fingerprint density at radius 1 is 1.26 bits per heavy atom. The van der Waals surface area contributed by atoms with Crippen molar-refractivity contribution in [3.8, 4) is 0 Å². The zero-order chi connectivity index (χ0) is 13.8. The molecule has 0 fully saturated rings. The number of amides is 1.